The van der Waals surface area contributed by atoms with Crippen molar-refractivity contribution in [2.45, 2.75) is 32.7 Å². The van der Waals surface area contributed by atoms with Gasteiger partial charge in [0.05, 0.1) is 18.0 Å². The normalized spacial score (nSPS) is 16.5. The van der Waals surface area contributed by atoms with Gasteiger partial charge < -0.3 is 15.0 Å². The number of hydrogen-bond acceptors (Lipinski definition) is 3. The Morgan fingerprint density at radius 1 is 1.17 bits per heavy atom. The fourth-order valence-electron chi connectivity index (χ4n) is 3.01. The second-order valence-electron chi connectivity index (χ2n) is 6.13. The SMILES string of the molecule is CCC1Nc2ccccc2N(CCCOc2cccc(C)c2)C1=O. The number of anilines is 2. The van der Waals surface area contributed by atoms with Crippen LogP contribution in [0, 0.1) is 6.92 Å². The van der Waals surface area contributed by atoms with Crippen molar-refractivity contribution in [2.24, 2.45) is 0 Å². The van der Waals surface area contributed by atoms with E-state index in [0.717, 1.165) is 30.0 Å². The predicted octanol–water partition coefficient (Wildman–Crippen LogP) is 4.00. The average Bonchev–Trinajstić information content (AvgIpc) is 2.60. The molecule has 0 aromatic heterocycles. The molecule has 0 fully saturated rings. The minimum atomic E-state index is -0.141. The van der Waals surface area contributed by atoms with E-state index in [1.807, 2.05) is 67.3 Å². The molecule has 1 atom stereocenters. The van der Waals surface area contributed by atoms with Crippen LogP contribution in [-0.4, -0.2) is 25.1 Å². The molecule has 2 aromatic carbocycles. The van der Waals surface area contributed by atoms with Crippen LogP contribution < -0.4 is 15.0 Å². The third kappa shape index (κ3) is 3.53. The highest BCUT2D eigenvalue weighted by Crippen LogP contribution is 2.31. The first-order chi connectivity index (χ1) is 11.7. The van der Waals surface area contributed by atoms with E-state index in [9.17, 15) is 4.79 Å². The molecular weight excluding hydrogens is 300 g/mol. The first kappa shape index (κ1) is 16.4. The van der Waals surface area contributed by atoms with Gasteiger partial charge in [0.1, 0.15) is 11.8 Å². The van der Waals surface area contributed by atoms with Crippen molar-refractivity contribution in [3.63, 3.8) is 0 Å². The lowest BCUT2D eigenvalue weighted by molar-refractivity contribution is -0.119. The number of carbonyl (C=O) groups excluding carboxylic acids is 1. The van der Waals surface area contributed by atoms with E-state index in [1.165, 1.54) is 5.56 Å². The highest BCUT2D eigenvalue weighted by Gasteiger charge is 2.30. The van der Waals surface area contributed by atoms with Gasteiger partial charge in [0.15, 0.2) is 0 Å². The van der Waals surface area contributed by atoms with Crippen LogP contribution in [0.5, 0.6) is 5.75 Å². The summed E-state index contributed by atoms with van der Waals surface area (Å²) in [5, 5.41) is 3.33. The summed E-state index contributed by atoms with van der Waals surface area (Å²) in [4.78, 5) is 14.5. The Labute approximate surface area is 143 Å². The zero-order chi connectivity index (χ0) is 16.9. The van der Waals surface area contributed by atoms with Crippen LogP contribution in [0.25, 0.3) is 0 Å². The number of nitrogens with one attached hydrogen (secondary N) is 1. The molecule has 2 aromatic rings. The summed E-state index contributed by atoms with van der Waals surface area (Å²) < 4.78 is 5.80. The molecule has 126 valence electrons. The zero-order valence-corrected chi connectivity index (χ0v) is 14.3. The first-order valence-corrected chi connectivity index (χ1v) is 8.55. The van der Waals surface area contributed by atoms with Gasteiger partial charge in [-0.2, -0.15) is 0 Å². The molecular formula is C20H24N2O2. The van der Waals surface area contributed by atoms with E-state index in [1.54, 1.807) is 0 Å². The van der Waals surface area contributed by atoms with Gasteiger partial charge in [-0.3, -0.25) is 4.79 Å². The van der Waals surface area contributed by atoms with E-state index in [2.05, 4.69) is 5.32 Å². The fourth-order valence-corrected chi connectivity index (χ4v) is 3.01. The van der Waals surface area contributed by atoms with E-state index >= 15 is 0 Å². The molecule has 1 aliphatic heterocycles. The van der Waals surface area contributed by atoms with Crippen molar-refractivity contribution in [3.8, 4) is 5.75 Å². The molecule has 0 saturated carbocycles. The lowest BCUT2D eigenvalue weighted by atomic mass is 10.1. The molecule has 4 nitrogen and oxygen atoms in total. The number of hydrogen-bond donors (Lipinski definition) is 1. The second kappa shape index (κ2) is 7.39. The highest BCUT2D eigenvalue weighted by atomic mass is 16.5. The zero-order valence-electron chi connectivity index (χ0n) is 14.3. The van der Waals surface area contributed by atoms with E-state index in [4.69, 9.17) is 4.74 Å². The number of amides is 1. The monoisotopic (exact) mass is 324 g/mol. The molecule has 4 heteroatoms. The Balaban J connectivity index is 1.62. The molecule has 0 aliphatic carbocycles. The summed E-state index contributed by atoms with van der Waals surface area (Å²) in [6, 6.07) is 15.9. The van der Waals surface area contributed by atoms with Crippen LogP contribution in [0.3, 0.4) is 0 Å². The highest BCUT2D eigenvalue weighted by molar-refractivity contribution is 6.04. The van der Waals surface area contributed by atoms with Gasteiger partial charge in [-0.1, -0.05) is 31.2 Å². The molecule has 3 rings (SSSR count). The van der Waals surface area contributed by atoms with Crippen molar-refractivity contribution >= 4 is 17.3 Å². The Morgan fingerprint density at radius 3 is 2.79 bits per heavy atom. The Kier molecular flexibility index (Phi) is 5.04. The largest absolute Gasteiger partial charge is 0.494 e. The third-order valence-corrected chi connectivity index (χ3v) is 4.28. The molecule has 0 spiro atoms. The van der Waals surface area contributed by atoms with Crippen molar-refractivity contribution in [2.75, 3.05) is 23.4 Å². The minimum Gasteiger partial charge on any atom is -0.494 e. The Morgan fingerprint density at radius 2 is 2.00 bits per heavy atom. The molecule has 0 bridgehead atoms. The Bertz CT molecular complexity index is 714. The van der Waals surface area contributed by atoms with Crippen LogP contribution in [0.1, 0.15) is 25.3 Å². The average molecular weight is 324 g/mol. The van der Waals surface area contributed by atoms with E-state index in [0.29, 0.717) is 13.2 Å². The number of para-hydroxylation sites is 2. The maximum atomic E-state index is 12.7. The topological polar surface area (TPSA) is 41.6 Å². The van der Waals surface area contributed by atoms with Crippen molar-refractivity contribution < 1.29 is 9.53 Å². The van der Waals surface area contributed by atoms with Gasteiger partial charge in [0, 0.05) is 6.54 Å². The quantitative estimate of drug-likeness (QED) is 0.817. The minimum absolute atomic E-state index is 0.141. The van der Waals surface area contributed by atoms with E-state index < -0.39 is 0 Å². The fraction of sp³-hybridized carbons (Fsp3) is 0.350. The van der Waals surface area contributed by atoms with Gasteiger partial charge >= 0.3 is 0 Å². The first-order valence-electron chi connectivity index (χ1n) is 8.55. The molecule has 1 amide bonds. The number of benzene rings is 2. The molecule has 0 saturated heterocycles. The van der Waals surface area contributed by atoms with Gasteiger partial charge in [-0.05, 0) is 49.6 Å². The molecule has 1 aliphatic rings. The van der Waals surface area contributed by atoms with Crippen molar-refractivity contribution in [1.82, 2.24) is 0 Å². The van der Waals surface area contributed by atoms with Crippen LogP contribution in [0.2, 0.25) is 0 Å². The molecule has 1 heterocycles. The summed E-state index contributed by atoms with van der Waals surface area (Å²) in [5.74, 6) is 1.03. The standard InChI is InChI=1S/C20H24N2O2/c1-3-17-20(23)22(19-11-5-4-10-18(19)21-17)12-7-13-24-16-9-6-8-15(2)14-16/h4-6,8-11,14,17,21H,3,7,12-13H2,1-2H3. The summed E-state index contributed by atoms with van der Waals surface area (Å²) in [5.41, 5.74) is 3.18. The smallest absolute Gasteiger partial charge is 0.249 e. The number of aryl methyl sites for hydroxylation is 1. The van der Waals surface area contributed by atoms with Crippen LogP contribution >= 0.6 is 0 Å². The maximum absolute atomic E-state index is 12.7. The van der Waals surface area contributed by atoms with Crippen molar-refractivity contribution in [1.29, 1.82) is 0 Å². The number of fused-ring (bicyclic) bond motifs is 1. The summed E-state index contributed by atoms with van der Waals surface area (Å²) in [6.45, 7) is 5.34. The maximum Gasteiger partial charge on any atom is 0.249 e. The summed E-state index contributed by atoms with van der Waals surface area (Å²) in [6.07, 6.45) is 1.58. The second-order valence-corrected chi connectivity index (χ2v) is 6.13. The molecule has 1 N–H and O–H groups in total. The van der Waals surface area contributed by atoms with Crippen LogP contribution in [0.4, 0.5) is 11.4 Å². The molecule has 1 unspecified atom stereocenters. The number of carbonyl (C=O) groups is 1. The molecule has 0 radical (unpaired) electrons. The molecule has 24 heavy (non-hydrogen) atoms. The lowest BCUT2D eigenvalue weighted by Gasteiger charge is -2.35. The number of nitrogens with zero attached hydrogens (tertiary/aromatic N) is 1. The van der Waals surface area contributed by atoms with Crippen LogP contribution in [0.15, 0.2) is 48.5 Å². The summed E-state index contributed by atoms with van der Waals surface area (Å²) in [7, 11) is 0. The van der Waals surface area contributed by atoms with Crippen LogP contribution in [-0.2, 0) is 4.79 Å². The van der Waals surface area contributed by atoms with Gasteiger partial charge in [0.25, 0.3) is 0 Å². The van der Waals surface area contributed by atoms with Crippen molar-refractivity contribution in [3.05, 3.63) is 54.1 Å². The number of rotatable bonds is 6. The summed E-state index contributed by atoms with van der Waals surface area (Å²) >= 11 is 0. The lowest BCUT2D eigenvalue weighted by Crippen LogP contribution is -2.47. The van der Waals surface area contributed by atoms with Gasteiger partial charge in [-0.15, -0.1) is 0 Å². The van der Waals surface area contributed by atoms with Gasteiger partial charge in [0.2, 0.25) is 5.91 Å². The predicted molar refractivity (Wildman–Crippen MR) is 97.8 cm³/mol. The van der Waals surface area contributed by atoms with E-state index in [-0.39, 0.29) is 11.9 Å². The third-order valence-electron chi connectivity index (χ3n) is 4.28. The number of ether oxygens (including phenoxy) is 1. The van der Waals surface area contributed by atoms with Gasteiger partial charge in [-0.25, -0.2) is 0 Å². The Hall–Kier alpha value is -2.49.